The quantitative estimate of drug-likeness (QED) is 0.651. The largest absolute Gasteiger partial charge is 0.494 e. The van der Waals surface area contributed by atoms with E-state index in [-0.39, 0.29) is 5.54 Å². The number of hydrogen-bond donors (Lipinski definition) is 1. The van der Waals surface area contributed by atoms with Gasteiger partial charge in [-0.2, -0.15) is 5.10 Å². The van der Waals surface area contributed by atoms with Crippen LogP contribution >= 0.6 is 12.2 Å². The second kappa shape index (κ2) is 6.43. The monoisotopic (exact) mass is 305 g/mol. The van der Waals surface area contributed by atoms with Gasteiger partial charge in [-0.15, -0.1) is 0 Å². The van der Waals surface area contributed by atoms with Crippen molar-refractivity contribution in [1.29, 1.82) is 0 Å². The Labute approximate surface area is 131 Å². The smallest absolute Gasteiger partial charge is 0.195 e. The lowest BCUT2D eigenvalue weighted by Crippen LogP contribution is -2.22. The van der Waals surface area contributed by atoms with Gasteiger partial charge in [0.2, 0.25) is 0 Å². The minimum absolute atomic E-state index is 0.115. The Bertz CT molecular complexity index is 635. The zero-order chi connectivity index (χ0) is 15.5. The molecule has 0 unspecified atom stereocenters. The molecule has 5 heteroatoms. The van der Waals surface area contributed by atoms with E-state index >= 15 is 0 Å². The highest BCUT2D eigenvalue weighted by Crippen LogP contribution is 2.26. The lowest BCUT2D eigenvalue weighted by molar-refractivity contribution is 0.309. The molecular weight excluding hydrogens is 282 g/mol. The van der Waals surface area contributed by atoms with Gasteiger partial charge < -0.3 is 4.74 Å². The van der Waals surface area contributed by atoms with Crippen LogP contribution in [0.2, 0.25) is 0 Å². The molecule has 0 amide bonds. The topological polar surface area (TPSA) is 42.8 Å². The molecular formula is C16H23N3OS. The predicted molar refractivity (Wildman–Crippen MR) is 88.2 cm³/mol. The van der Waals surface area contributed by atoms with Crippen LogP contribution in [-0.2, 0) is 5.54 Å². The fourth-order valence-electron chi connectivity index (χ4n) is 2.15. The normalized spacial score (nSPS) is 11.6. The van der Waals surface area contributed by atoms with Gasteiger partial charge in [-0.25, -0.2) is 0 Å². The number of rotatable bonds is 5. The molecule has 2 aromatic rings. The van der Waals surface area contributed by atoms with Gasteiger partial charge in [0, 0.05) is 11.1 Å². The maximum Gasteiger partial charge on any atom is 0.195 e. The van der Waals surface area contributed by atoms with Gasteiger partial charge in [0.15, 0.2) is 10.6 Å². The first-order chi connectivity index (χ1) is 9.93. The number of nitrogens with one attached hydrogen (secondary N) is 1. The molecule has 1 aromatic heterocycles. The zero-order valence-corrected chi connectivity index (χ0v) is 14.0. The van der Waals surface area contributed by atoms with E-state index in [4.69, 9.17) is 17.0 Å². The molecule has 1 heterocycles. The van der Waals surface area contributed by atoms with Crippen LogP contribution in [0.1, 0.15) is 40.5 Å². The summed E-state index contributed by atoms with van der Waals surface area (Å²) < 4.78 is 8.36. The van der Waals surface area contributed by atoms with Crippen LogP contribution in [0.3, 0.4) is 0 Å². The van der Waals surface area contributed by atoms with Crippen molar-refractivity contribution >= 4 is 12.2 Å². The Morgan fingerprint density at radius 2 is 1.90 bits per heavy atom. The summed E-state index contributed by atoms with van der Waals surface area (Å²) in [5.74, 6) is 1.75. The number of hydrogen-bond acceptors (Lipinski definition) is 3. The molecule has 2 rings (SSSR count). The molecule has 1 N–H and O–H groups in total. The fraction of sp³-hybridized carbons (Fsp3) is 0.500. The van der Waals surface area contributed by atoms with Gasteiger partial charge in [-0.05, 0) is 63.7 Å². The first-order valence-electron chi connectivity index (χ1n) is 7.34. The van der Waals surface area contributed by atoms with Gasteiger partial charge in [0.1, 0.15) is 5.75 Å². The molecule has 0 spiro atoms. The van der Waals surface area contributed by atoms with E-state index in [2.05, 4.69) is 37.9 Å². The summed E-state index contributed by atoms with van der Waals surface area (Å²) in [5.41, 5.74) is 0.913. The van der Waals surface area contributed by atoms with Crippen molar-refractivity contribution < 1.29 is 4.74 Å². The third-order valence-corrected chi connectivity index (χ3v) is 3.50. The highest BCUT2D eigenvalue weighted by molar-refractivity contribution is 7.71. The van der Waals surface area contributed by atoms with E-state index in [0.717, 1.165) is 36.6 Å². The van der Waals surface area contributed by atoms with Gasteiger partial charge in [-0.3, -0.25) is 9.67 Å². The van der Waals surface area contributed by atoms with Crippen molar-refractivity contribution in [3.63, 3.8) is 0 Å². The average Bonchev–Trinajstić information content (AvgIpc) is 2.82. The van der Waals surface area contributed by atoms with Gasteiger partial charge in [-0.1, -0.05) is 13.3 Å². The molecule has 0 atom stereocenters. The second-order valence-corrected chi connectivity index (χ2v) is 6.47. The van der Waals surface area contributed by atoms with Crippen LogP contribution in [0.15, 0.2) is 24.3 Å². The zero-order valence-electron chi connectivity index (χ0n) is 13.1. The maximum absolute atomic E-state index is 5.68. The van der Waals surface area contributed by atoms with E-state index < -0.39 is 0 Å². The van der Waals surface area contributed by atoms with Gasteiger partial charge in [0.25, 0.3) is 0 Å². The fourth-order valence-corrected chi connectivity index (χ4v) is 2.55. The minimum Gasteiger partial charge on any atom is -0.494 e. The number of nitrogens with zero attached hydrogens (tertiary/aromatic N) is 2. The molecule has 0 aliphatic rings. The molecule has 1 aromatic carbocycles. The van der Waals surface area contributed by atoms with Crippen molar-refractivity contribution in [1.82, 2.24) is 14.8 Å². The van der Waals surface area contributed by atoms with Crippen LogP contribution in [0, 0.1) is 4.77 Å². The summed E-state index contributed by atoms with van der Waals surface area (Å²) in [6.07, 6.45) is 2.21. The minimum atomic E-state index is -0.115. The molecule has 0 radical (unpaired) electrons. The van der Waals surface area contributed by atoms with E-state index in [1.165, 1.54) is 0 Å². The maximum atomic E-state index is 5.68. The molecule has 0 fully saturated rings. The number of aromatic amines is 1. The van der Waals surface area contributed by atoms with Gasteiger partial charge in [0.05, 0.1) is 6.61 Å². The van der Waals surface area contributed by atoms with Gasteiger partial charge >= 0.3 is 0 Å². The average molecular weight is 305 g/mol. The standard InChI is InChI=1S/C16H23N3OS/c1-5-6-11-20-13-9-7-12(8-10-13)14-17-18-15(21)19(14)16(2,3)4/h7-10H,5-6,11H2,1-4H3,(H,18,21). The lowest BCUT2D eigenvalue weighted by atomic mass is 10.1. The van der Waals surface area contributed by atoms with Crippen molar-refractivity contribution in [2.24, 2.45) is 0 Å². The molecule has 0 bridgehead atoms. The third kappa shape index (κ3) is 3.73. The number of aromatic nitrogens is 3. The highest BCUT2D eigenvalue weighted by atomic mass is 32.1. The van der Waals surface area contributed by atoms with Crippen molar-refractivity contribution in [3.8, 4) is 17.1 Å². The second-order valence-electron chi connectivity index (χ2n) is 6.08. The molecule has 0 aliphatic carbocycles. The predicted octanol–water partition coefficient (Wildman–Crippen LogP) is 4.54. The summed E-state index contributed by atoms with van der Waals surface area (Å²) in [5, 5.41) is 7.25. The van der Waals surface area contributed by atoms with Crippen molar-refractivity contribution in [2.75, 3.05) is 6.61 Å². The molecule has 0 saturated heterocycles. The summed E-state index contributed by atoms with van der Waals surface area (Å²) >= 11 is 5.34. The van der Waals surface area contributed by atoms with E-state index in [1.54, 1.807) is 0 Å². The lowest BCUT2D eigenvalue weighted by Gasteiger charge is -2.22. The third-order valence-electron chi connectivity index (χ3n) is 3.22. The number of ether oxygens (including phenoxy) is 1. The SMILES string of the molecule is CCCCOc1ccc(-c2n[nH]c(=S)n2C(C)(C)C)cc1. The van der Waals surface area contributed by atoms with E-state index in [1.807, 2.05) is 28.8 Å². The summed E-state index contributed by atoms with van der Waals surface area (Å²) in [6, 6.07) is 8.01. The van der Waals surface area contributed by atoms with Crippen LogP contribution in [0.5, 0.6) is 5.75 Å². The van der Waals surface area contributed by atoms with Crippen molar-refractivity contribution in [2.45, 2.75) is 46.1 Å². The van der Waals surface area contributed by atoms with Crippen LogP contribution in [0.25, 0.3) is 11.4 Å². The first kappa shape index (κ1) is 15.8. The summed E-state index contributed by atoms with van der Waals surface area (Å²) in [6.45, 7) is 9.26. The van der Waals surface area contributed by atoms with Crippen molar-refractivity contribution in [3.05, 3.63) is 29.0 Å². The summed E-state index contributed by atoms with van der Waals surface area (Å²) in [7, 11) is 0. The van der Waals surface area contributed by atoms with Crippen LogP contribution in [0.4, 0.5) is 0 Å². The molecule has 0 aliphatic heterocycles. The number of H-pyrrole nitrogens is 1. The molecule has 21 heavy (non-hydrogen) atoms. The van der Waals surface area contributed by atoms with E-state index in [9.17, 15) is 0 Å². The Balaban J connectivity index is 2.26. The molecule has 0 saturated carbocycles. The molecule has 114 valence electrons. The number of unbranched alkanes of at least 4 members (excludes halogenated alkanes) is 1. The Morgan fingerprint density at radius 3 is 2.48 bits per heavy atom. The Hall–Kier alpha value is -1.62. The van der Waals surface area contributed by atoms with Crippen LogP contribution in [-0.4, -0.2) is 21.4 Å². The first-order valence-corrected chi connectivity index (χ1v) is 7.75. The number of benzene rings is 1. The Kier molecular flexibility index (Phi) is 4.83. The highest BCUT2D eigenvalue weighted by Gasteiger charge is 2.20. The Morgan fingerprint density at radius 1 is 1.24 bits per heavy atom. The summed E-state index contributed by atoms with van der Waals surface area (Å²) in [4.78, 5) is 0. The molecule has 4 nitrogen and oxygen atoms in total. The van der Waals surface area contributed by atoms with Crippen LogP contribution < -0.4 is 4.74 Å². The van der Waals surface area contributed by atoms with E-state index in [0.29, 0.717) is 4.77 Å².